The molecule has 1 aromatic heterocycles. The third-order valence-corrected chi connectivity index (χ3v) is 3.13. The van der Waals surface area contributed by atoms with Crippen LogP contribution in [0.15, 0.2) is 22.8 Å². The zero-order valence-electron chi connectivity index (χ0n) is 8.58. The van der Waals surface area contributed by atoms with Crippen LogP contribution in [0.2, 0.25) is 0 Å². The lowest BCUT2D eigenvalue weighted by atomic mass is 10.2. The van der Waals surface area contributed by atoms with E-state index in [2.05, 4.69) is 26.2 Å². The van der Waals surface area contributed by atoms with Crippen molar-refractivity contribution in [2.24, 2.45) is 0 Å². The van der Waals surface area contributed by atoms with Crippen molar-refractivity contribution in [3.8, 4) is 5.88 Å². The Hall–Kier alpha value is -0.610. The highest BCUT2D eigenvalue weighted by Crippen LogP contribution is 2.23. The molecule has 0 amide bonds. The Kier molecular flexibility index (Phi) is 3.97. The number of nitrogens with zero attached hydrogens (tertiary/aromatic N) is 1. The van der Waals surface area contributed by atoms with Crippen LogP contribution in [0.5, 0.6) is 5.88 Å². The van der Waals surface area contributed by atoms with Crippen LogP contribution < -0.4 is 10.1 Å². The van der Waals surface area contributed by atoms with Gasteiger partial charge in [0.1, 0.15) is 6.10 Å². The Morgan fingerprint density at radius 2 is 2.33 bits per heavy atom. The first-order valence-corrected chi connectivity index (χ1v) is 6.13. The molecule has 0 aromatic carbocycles. The Balaban J connectivity index is 1.98. The number of hydrogen-bond donors (Lipinski definition) is 1. The third kappa shape index (κ3) is 3.18. The molecule has 1 aromatic rings. The van der Waals surface area contributed by atoms with Crippen LogP contribution in [-0.2, 0) is 0 Å². The molecule has 0 saturated carbocycles. The van der Waals surface area contributed by atoms with E-state index in [1.165, 1.54) is 6.42 Å². The Morgan fingerprint density at radius 3 is 3.20 bits per heavy atom. The fourth-order valence-electron chi connectivity index (χ4n) is 1.72. The summed E-state index contributed by atoms with van der Waals surface area (Å²) >= 11 is 3.44. The summed E-state index contributed by atoms with van der Waals surface area (Å²) in [5.41, 5.74) is 0. The summed E-state index contributed by atoms with van der Waals surface area (Å²) in [5.74, 6) is 0.712. The molecule has 82 valence electrons. The Labute approximate surface area is 98.4 Å². The number of pyridine rings is 1. The molecule has 1 atom stereocenters. The summed E-state index contributed by atoms with van der Waals surface area (Å²) in [6, 6.07) is 3.85. The van der Waals surface area contributed by atoms with Gasteiger partial charge >= 0.3 is 0 Å². The molecule has 3 nitrogen and oxygen atoms in total. The summed E-state index contributed by atoms with van der Waals surface area (Å²) in [4.78, 5) is 4.21. The summed E-state index contributed by atoms with van der Waals surface area (Å²) in [5, 5.41) is 3.37. The average molecular weight is 271 g/mol. The molecule has 4 heteroatoms. The van der Waals surface area contributed by atoms with Crippen molar-refractivity contribution in [3.63, 3.8) is 0 Å². The lowest BCUT2D eigenvalue weighted by Gasteiger charge is -2.16. The lowest BCUT2D eigenvalue weighted by Crippen LogP contribution is -2.19. The summed E-state index contributed by atoms with van der Waals surface area (Å²) in [7, 11) is 0. The van der Waals surface area contributed by atoms with Crippen molar-refractivity contribution in [2.45, 2.75) is 25.4 Å². The van der Waals surface area contributed by atoms with Crippen LogP contribution in [0.25, 0.3) is 0 Å². The molecule has 15 heavy (non-hydrogen) atoms. The van der Waals surface area contributed by atoms with Crippen molar-refractivity contribution in [1.82, 2.24) is 10.3 Å². The van der Waals surface area contributed by atoms with E-state index < -0.39 is 0 Å². The standard InChI is InChI=1S/C11H15BrN2O/c12-10-4-2-7-14-11(10)15-9-3-1-6-13-8-5-9/h2,4,7,9,13H,1,3,5-6,8H2. The minimum Gasteiger partial charge on any atom is -0.474 e. The molecule has 1 fully saturated rings. The molecule has 1 unspecified atom stereocenters. The van der Waals surface area contributed by atoms with Gasteiger partial charge in [0, 0.05) is 6.20 Å². The molecule has 0 spiro atoms. The van der Waals surface area contributed by atoms with E-state index in [9.17, 15) is 0 Å². The SMILES string of the molecule is Brc1cccnc1OC1CCCNCC1. The van der Waals surface area contributed by atoms with Crippen molar-refractivity contribution >= 4 is 15.9 Å². The van der Waals surface area contributed by atoms with E-state index in [-0.39, 0.29) is 0 Å². The highest BCUT2D eigenvalue weighted by Gasteiger charge is 2.14. The zero-order chi connectivity index (χ0) is 10.5. The average Bonchev–Trinajstić information content (AvgIpc) is 2.50. The number of hydrogen-bond acceptors (Lipinski definition) is 3. The van der Waals surface area contributed by atoms with Crippen LogP contribution >= 0.6 is 15.9 Å². The second kappa shape index (κ2) is 5.47. The van der Waals surface area contributed by atoms with E-state index in [0.29, 0.717) is 12.0 Å². The largest absolute Gasteiger partial charge is 0.474 e. The minimum absolute atomic E-state index is 0.297. The normalized spacial score (nSPS) is 22.1. The van der Waals surface area contributed by atoms with Crippen molar-refractivity contribution in [3.05, 3.63) is 22.8 Å². The molecular formula is C11H15BrN2O. The van der Waals surface area contributed by atoms with Gasteiger partial charge in [0.25, 0.3) is 0 Å². The predicted molar refractivity (Wildman–Crippen MR) is 63.1 cm³/mol. The van der Waals surface area contributed by atoms with Crippen molar-refractivity contribution in [2.75, 3.05) is 13.1 Å². The monoisotopic (exact) mass is 270 g/mol. The molecule has 1 N–H and O–H groups in total. The fraction of sp³-hybridized carbons (Fsp3) is 0.545. The molecule has 2 rings (SSSR count). The van der Waals surface area contributed by atoms with Crippen molar-refractivity contribution < 1.29 is 4.74 Å². The van der Waals surface area contributed by atoms with Crippen molar-refractivity contribution in [1.29, 1.82) is 0 Å². The van der Waals surface area contributed by atoms with E-state index in [1.54, 1.807) is 6.20 Å². The first kappa shape index (κ1) is 10.9. The van der Waals surface area contributed by atoms with Gasteiger partial charge in [-0.25, -0.2) is 4.98 Å². The van der Waals surface area contributed by atoms with E-state index in [4.69, 9.17) is 4.74 Å². The molecule has 1 saturated heterocycles. The van der Waals surface area contributed by atoms with Crippen LogP contribution in [0.4, 0.5) is 0 Å². The second-order valence-electron chi connectivity index (χ2n) is 3.71. The maximum absolute atomic E-state index is 5.87. The zero-order valence-corrected chi connectivity index (χ0v) is 10.2. The number of aromatic nitrogens is 1. The van der Waals surface area contributed by atoms with Gasteiger partial charge in [-0.15, -0.1) is 0 Å². The van der Waals surface area contributed by atoms with Gasteiger partial charge in [-0.3, -0.25) is 0 Å². The van der Waals surface area contributed by atoms with Gasteiger partial charge in [0.2, 0.25) is 5.88 Å². The maximum Gasteiger partial charge on any atom is 0.228 e. The number of rotatable bonds is 2. The molecule has 1 aliphatic heterocycles. The highest BCUT2D eigenvalue weighted by molar-refractivity contribution is 9.10. The Morgan fingerprint density at radius 1 is 1.40 bits per heavy atom. The minimum atomic E-state index is 0.297. The predicted octanol–water partition coefficient (Wildman–Crippen LogP) is 2.37. The van der Waals surface area contributed by atoms with Crippen LogP contribution in [-0.4, -0.2) is 24.2 Å². The van der Waals surface area contributed by atoms with Gasteiger partial charge in [0.05, 0.1) is 4.47 Å². The molecule has 2 heterocycles. The first-order valence-electron chi connectivity index (χ1n) is 5.34. The quantitative estimate of drug-likeness (QED) is 0.896. The van der Waals surface area contributed by atoms with E-state index in [1.807, 2.05) is 12.1 Å². The Bertz CT molecular complexity index is 311. The number of nitrogens with one attached hydrogen (secondary N) is 1. The van der Waals surface area contributed by atoms with Gasteiger partial charge < -0.3 is 10.1 Å². The van der Waals surface area contributed by atoms with Gasteiger partial charge in [-0.2, -0.15) is 0 Å². The van der Waals surface area contributed by atoms with E-state index >= 15 is 0 Å². The molecular weight excluding hydrogens is 256 g/mol. The summed E-state index contributed by atoms with van der Waals surface area (Å²) in [6.07, 6.45) is 5.40. The third-order valence-electron chi connectivity index (χ3n) is 2.53. The van der Waals surface area contributed by atoms with Crippen LogP contribution in [0, 0.1) is 0 Å². The van der Waals surface area contributed by atoms with Gasteiger partial charge in [0.15, 0.2) is 0 Å². The van der Waals surface area contributed by atoms with Gasteiger partial charge in [-0.05, 0) is 60.4 Å². The molecule has 0 bridgehead atoms. The highest BCUT2D eigenvalue weighted by atomic mass is 79.9. The maximum atomic E-state index is 5.87. The van der Waals surface area contributed by atoms with Crippen LogP contribution in [0.3, 0.4) is 0 Å². The molecule has 0 radical (unpaired) electrons. The second-order valence-corrected chi connectivity index (χ2v) is 4.57. The molecule has 1 aliphatic rings. The van der Waals surface area contributed by atoms with Gasteiger partial charge in [-0.1, -0.05) is 0 Å². The summed E-state index contributed by atoms with van der Waals surface area (Å²) < 4.78 is 6.80. The fourth-order valence-corrected chi connectivity index (χ4v) is 2.07. The molecule has 0 aliphatic carbocycles. The topological polar surface area (TPSA) is 34.1 Å². The van der Waals surface area contributed by atoms with Crippen LogP contribution in [0.1, 0.15) is 19.3 Å². The smallest absolute Gasteiger partial charge is 0.228 e. The lowest BCUT2D eigenvalue weighted by molar-refractivity contribution is 0.178. The first-order chi connectivity index (χ1) is 7.36. The number of ether oxygens (including phenoxy) is 1. The van der Waals surface area contributed by atoms with E-state index in [0.717, 1.165) is 30.4 Å². The summed E-state index contributed by atoms with van der Waals surface area (Å²) in [6.45, 7) is 2.14. The number of halogens is 1.